The van der Waals surface area contributed by atoms with Gasteiger partial charge in [0.2, 0.25) is 5.91 Å². The highest BCUT2D eigenvalue weighted by Gasteiger charge is 2.54. The maximum Gasteiger partial charge on any atom is 0.256 e. The largest absolute Gasteiger partial charge is 0.354 e. The van der Waals surface area contributed by atoms with Crippen LogP contribution in [0.4, 0.5) is 4.39 Å². The molecular formula is C26H29ClFN3O4. The maximum absolute atomic E-state index is 13.6. The second-order valence-electron chi connectivity index (χ2n) is 9.40. The third-order valence-corrected chi connectivity index (χ3v) is 6.70. The van der Waals surface area contributed by atoms with Crippen LogP contribution >= 0.6 is 11.6 Å². The van der Waals surface area contributed by atoms with Crippen molar-refractivity contribution >= 4 is 29.3 Å². The molecule has 35 heavy (non-hydrogen) atoms. The Morgan fingerprint density at radius 2 is 1.77 bits per heavy atom. The third kappa shape index (κ3) is 5.33. The maximum atomic E-state index is 13.6. The predicted molar refractivity (Wildman–Crippen MR) is 129 cm³/mol. The van der Waals surface area contributed by atoms with Crippen molar-refractivity contribution in [2.45, 2.75) is 38.5 Å². The highest BCUT2D eigenvalue weighted by molar-refractivity contribution is 6.30. The van der Waals surface area contributed by atoms with Gasteiger partial charge in [0.05, 0.1) is 6.61 Å². The molecule has 0 saturated carbocycles. The minimum Gasteiger partial charge on any atom is -0.354 e. The molecule has 3 amide bonds. The minimum atomic E-state index is -1.03. The molecule has 2 saturated heterocycles. The number of piperidine rings is 1. The number of carbonyl (C=O) groups excluding carboxylic acids is 3. The van der Waals surface area contributed by atoms with Gasteiger partial charge in [0.1, 0.15) is 17.6 Å². The van der Waals surface area contributed by atoms with E-state index in [0.29, 0.717) is 43.1 Å². The van der Waals surface area contributed by atoms with Crippen molar-refractivity contribution in [2.75, 3.05) is 26.2 Å². The van der Waals surface area contributed by atoms with Gasteiger partial charge in [-0.1, -0.05) is 31.5 Å². The molecule has 0 aliphatic carbocycles. The number of rotatable bonds is 5. The Balaban J connectivity index is 1.56. The summed E-state index contributed by atoms with van der Waals surface area (Å²) in [6.07, 6.45) is 0.695. The molecule has 4 rings (SSSR count). The van der Waals surface area contributed by atoms with E-state index in [4.69, 9.17) is 16.3 Å². The topological polar surface area (TPSA) is 79.0 Å². The quantitative estimate of drug-likeness (QED) is 0.677. The standard InChI is InChI=1S/C26H29ClFN3O4/c1-17(2)15-29-23(32)22-16-35-26(31(22)25(34)18-6-8-21(28)9-7-18)10-12-30(13-11-26)24(33)19-4-3-5-20(27)14-19/h3-9,14,17,22H,10-13,15-16H2,1-2H3,(H,29,32)/t22-/m1/s1. The van der Waals surface area contributed by atoms with Gasteiger partial charge >= 0.3 is 0 Å². The van der Waals surface area contributed by atoms with Crippen LogP contribution in [0.5, 0.6) is 0 Å². The first kappa shape index (κ1) is 25.1. The van der Waals surface area contributed by atoms with Crippen molar-refractivity contribution in [3.63, 3.8) is 0 Å². The van der Waals surface area contributed by atoms with E-state index in [1.165, 1.54) is 29.2 Å². The zero-order valence-electron chi connectivity index (χ0n) is 19.8. The summed E-state index contributed by atoms with van der Waals surface area (Å²) in [5, 5.41) is 3.38. The normalized spacial score (nSPS) is 19.3. The number of hydrogen-bond donors (Lipinski definition) is 1. The van der Waals surface area contributed by atoms with Crippen molar-refractivity contribution < 1.29 is 23.5 Å². The zero-order valence-corrected chi connectivity index (χ0v) is 20.6. The van der Waals surface area contributed by atoms with Crippen LogP contribution in [0.15, 0.2) is 48.5 Å². The van der Waals surface area contributed by atoms with Crippen molar-refractivity contribution in [3.05, 3.63) is 70.5 Å². The summed E-state index contributed by atoms with van der Waals surface area (Å²) < 4.78 is 19.6. The van der Waals surface area contributed by atoms with Crippen LogP contribution in [0, 0.1) is 11.7 Å². The fourth-order valence-corrected chi connectivity index (χ4v) is 4.77. The molecule has 9 heteroatoms. The van der Waals surface area contributed by atoms with E-state index in [2.05, 4.69) is 5.32 Å². The lowest BCUT2D eigenvalue weighted by Gasteiger charge is -2.44. The van der Waals surface area contributed by atoms with Gasteiger partial charge < -0.3 is 15.0 Å². The summed E-state index contributed by atoms with van der Waals surface area (Å²) in [6.45, 7) is 5.20. The number of likely N-dealkylation sites (tertiary alicyclic amines) is 1. The Kier molecular flexibility index (Phi) is 7.42. The van der Waals surface area contributed by atoms with Gasteiger partial charge in [-0.2, -0.15) is 0 Å². The van der Waals surface area contributed by atoms with E-state index in [9.17, 15) is 18.8 Å². The number of amides is 3. The lowest BCUT2D eigenvalue weighted by atomic mass is 9.96. The molecule has 0 unspecified atom stereocenters. The number of halogens is 2. The molecule has 2 aliphatic rings. The summed E-state index contributed by atoms with van der Waals surface area (Å²) in [7, 11) is 0. The number of carbonyl (C=O) groups is 3. The van der Waals surface area contributed by atoms with Crippen molar-refractivity contribution in [3.8, 4) is 0 Å². The first-order chi connectivity index (χ1) is 16.7. The Bertz CT molecular complexity index is 1100. The van der Waals surface area contributed by atoms with Gasteiger partial charge in [-0.25, -0.2) is 4.39 Å². The van der Waals surface area contributed by atoms with Gasteiger partial charge in [0.25, 0.3) is 11.8 Å². The number of nitrogens with zero attached hydrogens (tertiary/aromatic N) is 2. The molecule has 2 heterocycles. The van der Waals surface area contributed by atoms with Crippen molar-refractivity contribution in [1.82, 2.24) is 15.1 Å². The Morgan fingerprint density at radius 1 is 1.09 bits per heavy atom. The molecule has 0 radical (unpaired) electrons. The van der Waals surface area contributed by atoms with Gasteiger partial charge in [0.15, 0.2) is 0 Å². The van der Waals surface area contributed by atoms with E-state index < -0.39 is 23.5 Å². The Labute approximate surface area is 209 Å². The average molecular weight is 502 g/mol. The SMILES string of the molecule is CC(C)CNC(=O)[C@H]1COC2(CCN(C(=O)c3cccc(Cl)c3)CC2)N1C(=O)c1ccc(F)cc1. The Morgan fingerprint density at radius 3 is 2.40 bits per heavy atom. The second-order valence-corrected chi connectivity index (χ2v) is 9.83. The van der Waals surface area contributed by atoms with Crippen LogP contribution in [-0.4, -0.2) is 65.5 Å². The van der Waals surface area contributed by atoms with Crippen molar-refractivity contribution in [1.29, 1.82) is 0 Å². The van der Waals surface area contributed by atoms with Crippen molar-refractivity contribution in [2.24, 2.45) is 5.92 Å². The van der Waals surface area contributed by atoms with E-state index in [-0.39, 0.29) is 29.9 Å². The van der Waals surface area contributed by atoms with E-state index in [1.54, 1.807) is 29.2 Å². The van der Waals surface area contributed by atoms with Gasteiger partial charge in [0, 0.05) is 48.6 Å². The minimum absolute atomic E-state index is 0.0547. The molecule has 1 spiro atoms. The average Bonchev–Trinajstić information content (AvgIpc) is 3.21. The lowest BCUT2D eigenvalue weighted by Crippen LogP contribution is -2.60. The summed E-state index contributed by atoms with van der Waals surface area (Å²) in [4.78, 5) is 42.8. The monoisotopic (exact) mass is 501 g/mol. The molecule has 0 bridgehead atoms. The van der Waals surface area contributed by atoms with Crippen LogP contribution in [0.3, 0.4) is 0 Å². The third-order valence-electron chi connectivity index (χ3n) is 6.46. The van der Waals surface area contributed by atoms with Gasteiger partial charge in [-0.15, -0.1) is 0 Å². The van der Waals surface area contributed by atoms with E-state index >= 15 is 0 Å². The molecule has 7 nitrogen and oxygen atoms in total. The lowest BCUT2D eigenvalue weighted by molar-refractivity contribution is -0.128. The number of benzene rings is 2. The summed E-state index contributed by atoms with van der Waals surface area (Å²) in [5.74, 6) is -1.04. The van der Waals surface area contributed by atoms with Crippen LogP contribution in [-0.2, 0) is 9.53 Å². The fourth-order valence-electron chi connectivity index (χ4n) is 4.58. The summed E-state index contributed by atoms with van der Waals surface area (Å²) in [5.41, 5.74) is -0.266. The molecule has 2 fully saturated rings. The molecule has 186 valence electrons. The van der Waals surface area contributed by atoms with E-state index in [0.717, 1.165) is 0 Å². The van der Waals surface area contributed by atoms with E-state index in [1.807, 2.05) is 13.8 Å². The highest BCUT2D eigenvalue weighted by Crippen LogP contribution is 2.39. The smallest absolute Gasteiger partial charge is 0.256 e. The molecule has 2 aromatic rings. The highest BCUT2D eigenvalue weighted by atomic mass is 35.5. The Hall–Kier alpha value is -2.97. The van der Waals surface area contributed by atoms with Crippen LogP contribution in [0.25, 0.3) is 0 Å². The zero-order chi connectivity index (χ0) is 25.2. The molecule has 1 atom stereocenters. The van der Waals surface area contributed by atoms with Crippen LogP contribution < -0.4 is 5.32 Å². The molecule has 2 aromatic carbocycles. The summed E-state index contributed by atoms with van der Waals surface area (Å²) >= 11 is 6.04. The second kappa shape index (κ2) is 10.3. The fraction of sp³-hybridized carbons (Fsp3) is 0.423. The molecule has 2 aliphatic heterocycles. The number of hydrogen-bond acceptors (Lipinski definition) is 4. The van der Waals surface area contributed by atoms with Gasteiger partial charge in [-0.3, -0.25) is 19.3 Å². The predicted octanol–water partition coefficient (Wildman–Crippen LogP) is 3.72. The van der Waals surface area contributed by atoms with Crippen LogP contribution in [0.1, 0.15) is 47.4 Å². The number of ether oxygens (including phenoxy) is 1. The van der Waals surface area contributed by atoms with Gasteiger partial charge in [-0.05, 0) is 48.4 Å². The summed E-state index contributed by atoms with van der Waals surface area (Å²) in [6, 6.07) is 11.2. The molecular weight excluding hydrogens is 473 g/mol. The number of nitrogens with one attached hydrogen (secondary N) is 1. The molecule has 0 aromatic heterocycles. The first-order valence-electron chi connectivity index (χ1n) is 11.8. The first-order valence-corrected chi connectivity index (χ1v) is 12.1. The van der Waals surface area contributed by atoms with Crippen LogP contribution in [0.2, 0.25) is 5.02 Å². The molecule has 1 N–H and O–H groups in total.